The highest BCUT2D eigenvalue weighted by atomic mass is 35.5. The lowest BCUT2D eigenvalue weighted by molar-refractivity contribution is -0.143. The molecule has 3 aromatic rings. The van der Waals surface area contributed by atoms with Crippen LogP contribution in [-0.2, 0) is 22.6 Å². The molecule has 0 fully saturated rings. The highest BCUT2D eigenvalue weighted by Crippen LogP contribution is 2.23. The van der Waals surface area contributed by atoms with Crippen LogP contribution in [0.2, 0.25) is 5.02 Å². The van der Waals surface area contributed by atoms with E-state index in [1.54, 1.807) is 29.2 Å². The maximum atomic E-state index is 13.5. The molecule has 0 unspecified atom stereocenters. The minimum Gasteiger partial charge on any atom is -0.482 e. The van der Waals surface area contributed by atoms with Crippen LogP contribution in [0.3, 0.4) is 0 Å². The fourth-order valence-corrected chi connectivity index (χ4v) is 3.80. The van der Waals surface area contributed by atoms with E-state index in [2.05, 4.69) is 5.32 Å². The van der Waals surface area contributed by atoms with Gasteiger partial charge >= 0.3 is 0 Å². The van der Waals surface area contributed by atoms with E-state index in [9.17, 15) is 9.59 Å². The van der Waals surface area contributed by atoms with Crippen molar-refractivity contribution in [1.82, 2.24) is 10.2 Å². The summed E-state index contributed by atoms with van der Waals surface area (Å²) in [6, 6.07) is 23.9. The Morgan fingerprint density at radius 1 is 0.912 bits per heavy atom. The zero-order valence-corrected chi connectivity index (χ0v) is 20.6. The summed E-state index contributed by atoms with van der Waals surface area (Å²) in [4.78, 5) is 28.4. The second kappa shape index (κ2) is 12.2. The third-order valence-corrected chi connectivity index (χ3v) is 5.68. The van der Waals surface area contributed by atoms with E-state index in [0.717, 1.165) is 16.7 Å². The monoisotopic (exact) mass is 478 g/mol. The van der Waals surface area contributed by atoms with Crippen molar-refractivity contribution in [3.05, 3.63) is 101 Å². The quantitative estimate of drug-likeness (QED) is 0.436. The maximum Gasteiger partial charge on any atom is 0.261 e. The summed E-state index contributed by atoms with van der Waals surface area (Å²) in [5.74, 6) is -0.0589. The number of carbonyl (C=O) groups is 2. The molecule has 0 saturated heterocycles. The largest absolute Gasteiger partial charge is 0.482 e. The van der Waals surface area contributed by atoms with Crippen LogP contribution in [0.15, 0.2) is 78.9 Å². The number of halogens is 1. The van der Waals surface area contributed by atoms with Crippen molar-refractivity contribution in [1.29, 1.82) is 0 Å². The molecule has 1 N–H and O–H groups in total. The van der Waals surface area contributed by atoms with E-state index < -0.39 is 6.04 Å². The van der Waals surface area contributed by atoms with Gasteiger partial charge in [0.25, 0.3) is 5.91 Å². The molecule has 3 rings (SSSR count). The van der Waals surface area contributed by atoms with Crippen molar-refractivity contribution >= 4 is 23.4 Å². The summed E-state index contributed by atoms with van der Waals surface area (Å²) < 4.78 is 5.74. The molecule has 1 atom stereocenters. The number of amides is 2. The number of carbonyl (C=O) groups excluding carboxylic acids is 2. The molecule has 34 heavy (non-hydrogen) atoms. The molecule has 6 heteroatoms. The van der Waals surface area contributed by atoms with Crippen LogP contribution in [0.25, 0.3) is 0 Å². The Kier molecular flexibility index (Phi) is 9.11. The number of hydrogen-bond acceptors (Lipinski definition) is 3. The first kappa shape index (κ1) is 25.3. The molecule has 178 valence electrons. The second-order valence-corrected chi connectivity index (χ2v) is 9.00. The molecule has 0 radical (unpaired) electrons. The van der Waals surface area contributed by atoms with Gasteiger partial charge in [0.05, 0.1) is 5.02 Å². The van der Waals surface area contributed by atoms with Crippen molar-refractivity contribution in [3.63, 3.8) is 0 Å². The number of ether oxygens (including phenoxy) is 1. The van der Waals surface area contributed by atoms with Gasteiger partial charge in [0.2, 0.25) is 5.91 Å². The first-order chi connectivity index (χ1) is 16.3. The molecule has 5 nitrogen and oxygen atoms in total. The zero-order valence-electron chi connectivity index (χ0n) is 19.8. The van der Waals surface area contributed by atoms with Gasteiger partial charge in [0, 0.05) is 19.0 Å². The van der Waals surface area contributed by atoms with Crippen LogP contribution in [0.5, 0.6) is 5.75 Å². The summed E-state index contributed by atoms with van der Waals surface area (Å²) >= 11 is 6.20. The molecular weight excluding hydrogens is 448 g/mol. The average molecular weight is 479 g/mol. The molecule has 2 amide bonds. The standard InChI is InChI=1S/C28H31ClN2O3/c1-20(2)30-28(33)25(17-22-9-5-4-6-10-22)31(18-23-15-13-21(3)14-16-23)27(32)19-34-26-12-8-7-11-24(26)29/h4-16,20,25H,17-19H2,1-3H3,(H,30,33)/t25-/m1/s1. The van der Waals surface area contributed by atoms with Crippen LogP contribution >= 0.6 is 11.6 Å². The third-order valence-electron chi connectivity index (χ3n) is 5.36. The molecular formula is C28H31ClN2O3. The normalized spacial score (nSPS) is 11.7. The van der Waals surface area contributed by atoms with Crippen molar-refractivity contribution in [3.8, 4) is 5.75 Å². The predicted molar refractivity (Wildman–Crippen MR) is 136 cm³/mol. The minimum absolute atomic E-state index is 0.0542. The molecule has 0 aliphatic carbocycles. The van der Waals surface area contributed by atoms with Gasteiger partial charge in [-0.1, -0.05) is 83.9 Å². The summed E-state index contributed by atoms with van der Waals surface area (Å²) in [5.41, 5.74) is 3.04. The van der Waals surface area contributed by atoms with Gasteiger partial charge in [-0.3, -0.25) is 9.59 Å². The number of rotatable bonds is 10. The zero-order chi connectivity index (χ0) is 24.5. The van der Waals surface area contributed by atoms with Gasteiger partial charge in [-0.2, -0.15) is 0 Å². The van der Waals surface area contributed by atoms with Gasteiger partial charge < -0.3 is 15.0 Å². The van der Waals surface area contributed by atoms with E-state index in [0.29, 0.717) is 17.2 Å². The highest BCUT2D eigenvalue weighted by molar-refractivity contribution is 6.32. The Balaban J connectivity index is 1.91. The predicted octanol–water partition coefficient (Wildman–Crippen LogP) is 5.19. The number of nitrogens with zero attached hydrogens (tertiary/aromatic N) is 1. The Labute approximate surface area is 206 Å². The van der Waals surface area contributed by atoms with Crippen molar-refractivity contribution in [2.75, 3.05) is 6.61 Å². The molecule has 0 aromatic heterocycles. The van der Waals surface area contributed by atoms with Crippen LogP contribution in [-0.4, -0.2) is 35.4 Å². The average Bonchev–Trinajstić information content (AvgIpc) is 2.82. The fraction of sp³-hybridized carbons (Fsp3) is 0.286. The van der Waals surface area contributed by atoms with E-state index in [-0.39, 0.29) is 31.0 Å². The lowest BCUT2D eigenvalue weighted by Crippen LogP contribution is -2.52. The fourth-order valence-electron chi connectivity index (χ4n) is 3.61. The third kappa shape index (κ3) is 7.35. The lowest BCUT2D eigenvalue weighted by atomic mass is 10.0. The number of aryl methyl sites for hydroxylation is 1. The summed E-state index contributed by atoms with van der Waals surface area (Å²) in [6.07, 6.45) is 0.392. The van der Waals surface area contributed by atoms with Crippen LogP contribution < -0.4 is 10.1 Å². The Morgan fingerprint density at radius 3 is 2.21 bits per heavy atom. The van der Waals surface area contributed by atoms with E-state index in [4.69, 9.17) is 16.3 Å². The second-order valence-electron chi connectivity index (χ2n) is 8.60. The lowest BCUT2D eigenvalue weighted by Gasteiger charge is -2.32. The van der Waals surface area contributed by atoms with Gasteiger partial charge in [-0.15, -0.1) is 0 Å². The molecule has 0 heterocycles. The van der Waals surface area contributed by atoms with Crippen molar-refractivity contribution in [2.24, 2.45) is 0 Å². The molecule has 0 bridgehead atoms. The van der Waals surface area contributed by atoms with Crippen LogP contribution in [0.4, 0.5) is 0 Å². The summed E-state index contributed by atoms with van der Waals surface area (Å²) in [5, 5.41) is 3.41. The Morgan fingerprint density at radius 2 is 1.56 bits per heavy atom. The van der Waals surface area contributed by atoms with E-state index in [1.165, 1.54) is 0 Å². The highest BCUT2D eigenvalue weighted by Gasteiger charge is 2.31. The van der Waals surface area contributed by atoms with E-state index in [1.807, 2.05) is 75.4 Å². The number of para-hydroxylation sites is 1. The van der Waals surface area contributed by atoms with Crippen molar-refractivity contribution < 1.29 is 14.3 Å². The topological polar surface area (TPSA) is 58.6 Å². The molecule has 0 aliphatic heterocycles. The van der Waals surface area contributed by atoms with E-state index >= 15 is 0 Å². The SMILES string of the molecule is Cc1ccc(CN(C(=O)COc2ccccc2Cl)[C@H](Cc2ccccc2)C(=O)NC(C)C)cc1. The molecule has 0 aliphatic rings. The van der Waals surface area contributed by atoms with Gasteiger partial charge in [0.1, 0.15) is 11.8 Å². The van der Waals surface area contributed by atoms with Crippen LogP contribution in [0.1, 0.15) is 30.5 Å². The molecule has 0 saturated carbocycles. The molecule has 0 spiro atoms. The summed E-state index contributed by atoms with van der Waals surface area (Å²) in [7, 11) is 0. The smallest absolute Gasteiger partial charge is 0.261 e. The Bertz CT molecular complexity index is 1080. The van der Waals surface area contributed by atoms with Gasteiger partial charge in [-0.05, 0) is 44.0 Å². The Hall–Kier alpha value is -3.31. The maximum absolute atomic E-state index is 13.5. The summed E-state index contributed by atoms with van der Waals surface area (Å²) in [6.45, 7) is 5.89. The van der Waals surface area contributed by atoms with Gasteiger partial charge in [-0.25, -0.2) is 0 Å². The number of nitrogens with one attached hydrogen (secondary N) is 1. The number of benzene rings is 3. The number of hydrogen-bond donors (Lipinski definition) is 1. The first-order valence-corrected chi connectivity index (χ1v) is 11.8. The van der Waals surface area contributed by atoms with Crippen molar-refractivity contribution in [2.45, 2.75) is 45.8 Å². The van der Waals surface area contributed by atoms with Crippen LogP contribution in [0, 0.1) is 6.92 Å². The minimum atomic E-state index is -0.701. The molecule has 3 aromatic carbocycles. The first-order valence-electron chi connectivity index (χ1n) is 11.4. The van der Waals surface area contributed by atoms with Gasteiger partial charge in [0.15, 0.2) is 6.61 Å².